The summed E-state index contributed by atoms with van der Waals surface area (Å²) in [6.45, 7) is 0. The standard InChI is InChI=1S/C13H10FN3O/c14-11-5-9(15)2-4-13(11)18-10-3-1-8-7-16-17-12(8)6-10/h1-7H,15H2,(H,16,17). The predicted octanol–water partition coefficient (Wildman–Crippen LogP) is 3.08. The van der Waals surface area contributed by atoms with E-state index in [2.05, 4.69) is 10.2 Å². The van der Waals surface area contributed by atoms with Crippen LogP contribution in [0.25, 0.3) is 10.9 Å². The van der Waals surface area contributed by atoms with Crippen molar-refractivity contribution in [2.45, 2.75) is 0 Å². The fourth-order valence-electron chi connectivity index (χ4n) is 1.71. The fourth-order valence-corrected chi connectivity index (χ4v) is 1.71. The smallest absolute Gasteiger partial charge is 0.167 e. The fraction of sp³-hybridized carbons (Fsp3) is 0. The molecule has 0 saturated carbocycles. The van der Waals surface area contributed by atoms with Gasteiger partial charge in [-0.3, -0.25) is 5.10 Å². The number of aromatic nitrogens is 2. The van der Waals surface area contributed by atoms with E-state index < -0.39 is 5.82 Å². The molecular formula is C13H10FN3O. The van der Waals surface area contributed by atoms with Gasteiger partial charge in [-0.1, -0.05) is 0 Å². The first-order valence-corrected chi connectivity index (χ1v) is 5.38. The molecule has 0 amide bonds. The van der Waals surface area contributed by atoms with E-state index in [1.165, 1.54) is 12.1 Å². The van der Waals surface area contributed by atoms with Crippen LogP contribution in [0.4, 0.5) is 10.1 Å². The van der Waals surface area contributed by atoms with Crippen LogP contribution in [0.1, 0.15) is 0 Å². The lowest BCUT2D eigenvalue weighted by Gasteiger charge is -2.07. The lowest BCUT2D eigenvalue weighted by atomic mass is 10.2. The maximum Gasteiger partial charge on any atom is 0.167 e. The molecule has 0 unspecified atom stereocenters. The zero-order valence-corrected chi connectivity index (χ0v) is 9.35. The molecule has 0 bridgehead atoms. The van der Waals surface area contributed by atoms with E-state index in [1.54, 1.807) is 24.4 Å². The quantitative estimate of drug-likeness (QED) is 0.680. The van der Waals surface area contributed by atoms with Crippen LogP contribution in [0, 0.1) is 5.82 Å². The molecule has 0 aliphatic heterocycles. The van der Waals surface area contributed by atoms with Gasteiger partial charge < -0.3 is 10.5 Å². The summed E-state index contributed by atoms with van der Waals surface area (Å²) in [5.74, 6) is 0.193. The van der Waals surface area contributed by atoms with Crippen molar-refractivity contribution < 1.29 is 9.13 Å². The van der Waals surface area contributed by atoms with Crippen molar-refractivity contribution in [3.8, 4) is 11.5 Å². The summed E-state index contributed by atoms with van der Waals surface area (Å²) in [5.41, 5.74) is 6.67. The number of hydrogen-bond acceptors (Lipinski definition) is 3. The molecule has 5 heteroatoms. The van der Waals surface area contributed by atoms with Gasteiger partial charge in [0.15, 0.2) is 11.6 Å². The molecule has 0 fully saturated rings. The molecule has 18 heavy (non-hydrogen) atoms. The Morgan fingerprint density at radius 2 is 2.06 bits per heavy atom. The van der Waals surface area contributed by atoms with Gasteiger partial charge >= 0.3 is 0 Å². The molecule has 0 aliphatic rings. The highest BCUT2D eigenvalue weighted by Gasteiger charge is 2.06. The molecule has 3 aromatic rings. The average molecular weight is 243 g/mol. The van der Waals surface area contributed by atoms with E-state index in [0.29, 0.717) is 11.4 Å². The van der Waals surface area contributed by atoms with Gasteiger partial charge in [-0.15, -0.1) is 0 Å². The molecule has 90 valence electrons. The summed E-state index contributed by atoms with van der Waals surface area (Å²) in [6.07, 6.45) is 1.71. The molecule has 0 radical (unpaired) electrons. The van der Waals surface area contributed by atoms with Gasteiger partial charge in [0.05, 0.1) is 11.7 Å². The summed E-state index contributed by atoms with van der Waals surface area (Å²) in [4.78, 5) is 0. The van der Waals surface area contributed by atoms with Crippen molar-refractivity contribution >= 4 is 16.6 Å². The van der Waals surface area contributed by atoms with Crippen LogP contribution in [0.3, 0.4) is 0 Å². The number of hydrogen-bond donors (Lipinski definition) is 2. The monoisotopic (exact) mass is 243 g/mol. The maximum atomic E-state index is 13.6. The van der Waals surface area contributed by atoms with Crippen LogP contribution in [0.15, 0.2) is 42.6 Å². The molecule has 1 heterocycles. The number of aromatic amines is 1. The molecule has 0 aliphatic carbocycles. The molecule has 0 saturated heterocycles. The molecule has 4 nitrogen and oxygen atoms in total. The van der Waals surface area contributed by atoms with E-state index in [0.717, 1.165) is 10.9 Å². The van der Waals surface area contributed by atoms with Gasteiger partial charge in [-0.05, 0) is 24.3 Å². The largest absolute Gasteiger partial charge is 0.454 e. The molecule has 3 rings (SSSR count). The summed E-state index contributed by atoms with van der Waals surface area (Å²) in [7, 11) is 0. The van der Waals surface area contributed by atoms with Crippen molar-refractivity contribution in [1.82, 2.24) is 10.2 Å². The molecule has 1 aromatic heterocycles. The van der Waals surface area contributed by atoms with Gasteiger partial charge in [-0.2, -0.15) is 5.10 Å². The zero-order chi connectivity index (χ0) is 12.5. The zero-order valence-electron chi connectivity index (χ0n) is 9.35. The minimum absolute atomic E-state index is 0.142. The number of rotatable bonds is 2. The van der Waals surface area contributed by atoms with Crippen LogP contribution >= 0.6 is 0 Å². The Balaban J connectivity index is 1.95. The second-order valence-corrected chi connectivity index (χ2v) is 3.91. The summed E-state index contributed by atoms with van der Waals surface area (Å²) < 4.78 is 19.0. The van der Waals surface area contributed by atoms with E-state index in [4.69, 9.17) is 10.5 Å². The third-order valence-corrected chi connectivity index (χ3v) is 2.60. The van der Waals surface area contributed by atoms with Gasteiger partial charge in [0.25, 0.3) is 0 Å². The number of nitrogens with zero attached hydrogens (tertiary/aromatic N) is 1. The average Bonchev–Trinajstić information content (AvgIpc) is 2.80. The van der Waals surface area contributed by atoms with Gasteiger partial charge in [0.2, 0.25) is 0 Å². The number of nitrogen functional groups attached to an aromatic ring is 1. The first-order chi connectivity index (χ1) is 8.72. The SMILES string of the molecule is Nc1ccc(Oc2ccc3cn[nH]c3c2)c(F)c1. The molecule has 0 atom stereocenters. The van der Waals surface area contributed by atoms with Crippen LogP contribution in [0.5, 0.6) is 11.5 Å². The highest BCUT2D eigenvalue weighted by molar-refractivity contribution is 5.79. The Morgan fingerprint density at radius 3 is 2.89 bits per heavy atom. The minimum Gasteiger partial charge on any atom is -0.454 e. The third-order valence-electron chi connectivity index (χ3n) is 2.60. The summed E-state index contributed by atoms with van der Waals surface area (Å²) >= 11 is 0. The maximum absolute atomic E-state index is 13.6. The minimum atomic E-state index is -0.486. The van der Waals surface area contributed by atoms with Crippen molar-refractivity contribution in [3.05, 3.63) is 48.4 Å². The first-order valence-electron chi connectivity index (χ1n) is 5.38. The predicted molar refractivity (Wildman–Crippen MR) is 67.0 cm³/mol. The Bertz CT molecular complexity index is 708. The van der Waals surface area contributed by atoms with E-state index in [9.17, 15) is 4.39 Å². The second kappa shape index (κ2) is 4.03. The Labute approximate surface area is 102 Å². The number of anilines is 1. The number of nitrogens with one attached hydrogen (secondary N) is 1. The van der Waals surface area contributed by atoms with Crippen molar-refractivity contribution in [1.29, 1.82) is 0 Å². The van der Waals surface area contributed by atoms with Gasteiger partial charge in [0.1, 0.15) is 5.75 Å². The number of nitrogens with two attached hydrogens (primary N) is 1. The number of benzene rings is 2. The number of fused-ring (bicyclic) bond motifs is 1. The molecule has 2 aromatic carbocycles. The van der Waals surface area contributed by atoms with E-state index in [1.807, 2.05) is 6.07 Å². The normalized spacial score (nSPS) is 10.7. The van der Waals surface area contributed by atoms with Crippen molar-refractivity contribution in [2.24, 2.45) is 0 Å². The number of ether oxygens (including phenoxy) is 1. The van der Waals surface area contributed by atoms with Gasteiger partial charge in [-0.25, -0.2) is 4.39 Å². The van der Waals surface area contributed by atoms with Crippen LogP contribution < -0.4 is 10.5 Å². The van der Waals surface area contributed by atoms with Crippen molar-refractivity contribution in [3.63, 3.8) is 0 Å². The lowest BCUT2D eigenvalue weighted by Crippen LogP contribution is -1.91. The van der Waals surface area contributed by atoms with Crippen molar-refractivity contribution in [2.75, 3.05) is 5.73 Å². The molecular weight excluding hydrogens is 233 g/mol. The lowest BCUT2D eigenvalue weighted by molar-refractivity contribution is 0.443. The highest BCUT2D eigenvalue weighted by Crippen LogP contribution is 2.27. The highest BCUT2D eigenvalue weighted by atomic mass is 19.1. The Kier molecular flexibility index (Phi) is 2.37. The van der Waals surface area contributed by atoms with E-state index in [-0.39, 0.29) is 5.75 Å². The number of halogens is 1. The topological polar surface area (TPSA) is 63.9 Å². The Hall–Kier alpha value is -2.56. The molecule has 3 N–H and O–H groups in total. The third kappa shape index (κ3) is 1.86. The second-order valence-electron chi connectivity index (χ2n) is 3.91. The first kappa shape index (κ1) is 10.6. The summed E-state index contributed by atoms with van der Waals surface area (Å²) in [5, 5.41) is 7.71. The number of H-pyrrole nitrogens is 1. The van der Waals surface area contributed by atoms with Gasteiger partial charge in [0, 0.05) is 23.2 Å². The van der Waals surface area contributed by atoms with E-state index >= 15 is 0 Å². The Morgan fingerprint density at radius 1 is 1.17 bits per heavy atom. The molecule has 0 spiro atoms. The van der Waals surface area contributed by atoms with Crippen LogP contribution in [-0.2, 0) is 0 Å². The van der Waals surface area contributed by atoms with Crippen LogP contribution in [-0.4, -0.2) is 10.2 Å². The van der Waals surface area contributed by atoms with Crippen LogP contribution in [0.2, 0.25) is 0 Å². The summed E-state index contributed by atoms with van der Waals surface area (Å²) in [6, 6.07) is 9.69.